The second-order valence-electron chi connectivity index (χ2n) is 5.60. The molecule has 2 aliphatic rings. The van der Waals surface area contributed by atoms with Crippen LogP contribution in [0.15, 0.2) is 0 Å². The molecule has 0 bridgehead atoms. The molecule has 2 rings (SSSR count). The van der Waals surface area contributed by atoms with Crippen molar-refractivity contribution in [2.45, 2.75) is 64.2 Å². The van der Waals surface area contributed by atoms with Gasteiger partial charge in [-0.05, 0) is 45.7 Å². The highest BCUT2D eigenvalue weighted by atomic mass is 16.5. The van der Waals surface area contributed by atoms with Crippen LogP contribution in [0.2, 0.25) is 0 Å². The third-order valence-electron chi connectivity index (χ3n) is 4.14. The highest BCUT2D eigenvalue weighted by Gasteiger charge is 2.28. The van der Waals surface area contributed by atoms with Gasteiger partial charge in [0.2, 0.25) is 0 Å². The van der Waals surface area contributed by atoms with Crippen LogP contribution in [0.25, 0.3) is 0 Å². The Hall–Kier alpha value is -0.120. The molecule has 1 N–H and O–H groups in total. The predicted octanol–water partition coefficient (Wildman–Crippen LogP) is 2.02. The van der Waals surface area contributed by atoms with Gasteiger partial charge in [-0.15, -0.1) is 0 Å². The van der Waals surface area contributed by atoms with E-state index in [1.54, 1.807) is 0 Å². The van der Waals surface area contributed by atoms with Gasteiger partial charge in [0, 0.05) is 19.1 Å². The van der Waals surface area contributed by atoms with Crippen molar-refractivity contribution >= 4 is 0 Å². The SMILES string of the molecule is CCNCC1CCCCN1CC1CCC(C)O1. The molecule has 0 aromatic carbocycles. The molecule has 2 aliphatic heterocycles. The molecule has 3 atom stereocenters. The molecule has 0 saturated carbocycles. The molecule has 2 saturated heterocycles. The number of hydrogen-bond acceptors (Lipinski definition) is 3. The first-order valence-electron chi connectivity index (χ1n) is 7.39. The number of piperidine rings is 1. The lowest BCUT2D eigenvalue weighted by Crippen LogP contribution is -2.48. The van der Waals surface area contributed by atoms with Crippen molar-refractivity contribution in [1.29, 1.82) is 0 Å². The Morgan fingerprint density at radius 1 is 1.24 bits per heavy atom. The Bertz CT molecular complexity index is 222. The molecule has 3 nitrogen and oxygen atoms in total. The van der Waals surface area contributed by atoms with Gasteiger partial charge in [-0.1, -0.05) is 13.3 Å². The zero-order valence-corrected chi connectivity index (χ0v) is 11.5. The van der Waals surface area contributed by atoms with E-state index in [0.717, 1.165) is 25.7 Å². The van der Waals surface area contributed by atoms with Gasteiger partial charge in [0.05, 0.1) is 12.2 Å². The second-order valence-corrected chi connectivity index (χ2v) is 5.60. The molecule has 0 aromatic heterocycles. The minimum atomic E-state index is 0.483. The number of likely N-dealkylation sites (tertiary alicyclic amines) is 1. The first-order chi connectivity index (χ1) is 8.29. The van der Waals surface area contributed by atoms with E-state index in [4.69, 9.17) is 4.74 Å². The van der Waals surface area contributed by atoms with Crippen molar-refractivity contribution in [3.63, 3.8) is 0 Å². The summed E-state index contributed by atoms with van der Waals surface area (Å²) in [6.07, 6.45) is 7.60. The van der Waals surface area contributed by atoms with E-state index < -0.39 is 0 Å². The van der Waals surface area contributed by atoms with Crippen molar-refractivity contribution in [3.8, 4) is 0 Å². The lowest BCUT2D eigenvalue weighted by molar-refractivity contribution is 0.0138. The molecule has 0 amide bonds. The maximum Gasteiger partial charge on any atom is 0.0706 e. The Balaban J connectivity index is 1.79. The maximum absolute atomic E-state index is 5.95. The molecule has 100 valence electrons. The summed E-state index contributed by atoms with van der Waals surface area (Å²) >= 11 is 0. The summed E-state index contributed by atoms with van der Waals surface area (Å²) in [6, 6.07) is 0.739. The monoisotopic (exact) mass is 240 g/mol. The van der Waals surface area contributed by atoms with Crippen LogP contribution >= 0.6 is 0 Å². The smallest absolute Gasteiger partial charge is 0.0706 e. The molecule has 17 heavy (non-hydrogen) atoms. The number of rotatable bonds is 5. The first kappa shape index (κ1) is 13.3. The molecule has 3 unspecified atom stereocenters. The lowest BCUT2D eigenvalue weighted by atomic mass is 10.0. The van der Waals surface area contributed by atoms with Gasteiger partial charge in [-0.25, -0.2) is 0 Å². The van der Waals surface area contributed by atoms with E-state index in [1.165, 1.54) is 38.6 Å². The highest BCUT2D eigenvalue weighted by Crippen LogP contribution is 2.23. The zero-order valence-electron chi connectivity index (χ0n) is 11.5. The van der Waals surface area contributed by atoms with E-state index in [-0.39, 0.29) is 0 Å². The molecular weight excluding hydrogens is 212 g/mol. The average molecular weight is 240 g/mol. The Morgan fingerprint density at radius 3 is 2.82 bits per heavy atom. The highest BCUT2D eigenvalue weighted by molar-refractivity contribution is 4.82. The molecule has 0 aromatic rings. The Kier molecular flexibility index (Phi) is 5.26. The fourth-order valence-electron chi connectivity index (χ4n) is 3.12. The van der Waals surface area contributed by atoms with Crippen molar-refractivity contribution in [1.82, 2.24) is 10.2 Å². The molecule has 2 fully saturated rings. The van der Waals surface area contributed by atoms with E-state index in [0.29, 0.717) is 12.2 Å². The van der Waals surface area contributed by atoms with Crippen LogP contribution in [0, 0.1) is 0 Å². The Morgan fingerprint density at radius 2 is 2.12 bits per heavy atom. The van der Waals surface area contributed by atoms with Gasteiger partial charge < -0.3 is 10.1 Å². The summed E-state index contributed by atoms with van der Waals surface area (Å²) in [5, 5.41) is 3.50. The summed E-state index contributed by atoms with van der Waals surface area (Å²) < 4.78 is 5.95. The van der Waals surface area contributed by atoms with Gasteiger partial charge in [-0.2, -0.15) is 0 Å². The van der Waals surface area contributed by atoms with Crippen LogP contribution < -0.4 is 5.32 Å². The minimum Gasteiger partial charge on any atom is -0.374 e. The molecule has 0 radical (unpaired) electrons. The number of hydrogen-bond donors (Lipinski definition) is 1. The van der Waals surface area contributed by atoms with Crippen molar-refractivity contribution in [3.05, 3.63) is 0 Å². The predicted molar refractivity (Wildman–Crippen MR) is 71.3 cm³/mol. The van der Waals surface area contributed by atoms with Crippen molar-refractivity contribution in [2.24, 2.45) is 0 Å². The fraction of sp³-hybridized carbons (Fsp3) is 1.00. The van der Waals surface area contributed by atoms with Crippen molar-refractivity contribution in [2.75, 3.05) is 26.2 Å². The van der Waals surface area contributed by atoms with E-state index in [1.807, 2.05) is 0 Å². The quantitative estimate of drug-likeness (QED) is 0.795. The lowest BCUT2D eigenvalue weighted by Gasteiger charge is -2.37. The van der Waals surface area contributed by atoms with E-state index in [9.17, 15) is 0 Å². The Labute approximate surface area is 106 Å². The normalized spacial score (nSPS) is 35.3. The van der Waals surface area contributed by atoms with E-state index >= 15 is 0 Å². The van der Waals surface area contributed by atoms with Crippen molar-refractivity contribution < 1.29 is 4.74 Å². The molecule has 0 spiro atoms. The summed E-state index contributed by atoms with van der Waals surface area (Å²) in [5.74, 6) is 0. The van der Waals surface area contributed by atoms with Gasteiger partial charge in [0.15, 0.2) is 0 Å². The number of nitrogens with zero attached hydrogens (tertiary/aromatic N) is 1. The van der Waals surface area contributed by atoms with Crippen LogP contribution in [-0.2, 0) is 4.74 Å². The third-order valence-corrected chi connectivity index (χ3v) is 4.14. The van der Waals surface area contributed by atoms with Gasteiger partial charge >= 0.3 is 0 Å². The van der Waals surface area contributed by atoms with Gasteiger partial charge in [0.25, 0.3) is 0 Å². The number of ether oxygens (including phenoxy) is 1. The van der Waals surface area contributed by atoms with Crippen LogP contribution in [0.5, 0.6) is 0 Å². The zero-order chi connectivity index (χ0) is 12.1. The topological polar surface area (TPSA) is 24.5 Å². The summed E-state index contributed by atoms with van der Waals surface area (Å²) in [4.78, 5) is 2.66. The largest absolute Gasteiger partial charge is 0.374 e. The molecule has 0 aliphatic carbocycles. The van der Waals surface area contributed by atoms with Gasteiger partial charge in [0.1, 0.15) is 0 Å². The third kappa shape index (κ3) is 3.94. The number of likely N-dealkylation sites (N-methyl/N-ethyl adjacent to an activating group) is 1. The molecule has 2 heterocycles. The average Bonchev–Trinajstić information content (AvgIpc) is 2.74. The summed E-state index contributed by atoms with van der Waals surface area (Å²) in [5.41, 5.74) is 0. The minimum absolute atomic E-state index is 0.483. The van der Waals surface area contributed by atoms with Crippen LogP contribution in [-0.4, -0.2) is 49.3 Å². The summed E-state index contributed by atoms with van der Waals surface area (Å²) in [7, 11) is 0. The van der Waals surface area contributed by atoms with Crippen LogP contribution in [0.3, 0.4) is 0 Å². The molecule has 3 heteroatoms. The molecular formula is C14H28N2O. The van der Waals surface area contributed by atoms with E-state index in [2.05, 4.69) is 24.1 Å². The van der Waals surface area contributed by atoms with Crippen LogP contribution in [0.1, 0.15) is 46.0 Å². The maximum atomic E-state index is 5.95. The first-order valence-corrected chi connectivity index (χ1v) is 7.39. The fourth-order valence-corrected chi connectivity index (χ4v) is 3.12. The standard InChI is InChI=1S/C14H28N2O/c1-3-15-10-13-6-4-5-9-16(13)11-14-8-7-12(2)17-14/h12-15H,3-11H2,1-2H3. The summed E-state index contributed by atoms with van der Waals surface area (Å²) in [6.45, 7) is 9.05. The number of nitrogens with one attached hydrogen (secondary N) is 1. The van der Waals surface area contributed by atoms with Gasteiger partial charge in [-0.3, -0.25) is 4.90 Å². The van der Waals surface area contributed by atoms with Crippen LogP contribution in [0.4, 0.5) is 0 Å². The second kappa shape index (κ2) is 6.72.